The normalized spacial score (nSPS) is 15.9. The molecule has 0 radical (unpaired) electrons. The van der Waals surface area contributed by atoms with Crippen molar-refractivity contribution in [3.8, 4) is 0 Å². The molecule has 1 aromatic carbocycles. The molecule has 1 N–H and O–H groups in total. The summed E-state index contributed by atoms with van der Waals surface area (Å²) in [7, 11) is 3.97. The van der Waals surface area contributed by atoms with Crippen LogP contribution in [-0.4, -0.2) is 45.8 Å². The van der Waals surface area contributed by atoms with Gasteiger partial charge in [-0.25, -0.2) is 4.98 Å². The minimum Gasteiger partial charge on any atom is -0.357 e. The molecule has 3 rings (SSSR count). The first-order chi connectivity index (χ1) is 13.0. The third-order valence-electron chi connectivity index (χ3n) is 5.43. The second kappa shape index (κ2) is 10.6. The van der Waals surface area contributed by atoms with Crippen LogP contribution in [-0.2, 0) is 19.0 Å². The first kappa shape index (κ1) is 23.1. The molecule has 8 heteroatoms. The van der Waals surface area contributed by atoms with E-state index in [0.29, 0.717) is 6.54 Å². The Balaban J connectivity index is 0.00000280. The van der Waals surface area contributed by atoms with E-state index in [1.807, 2.05) is 7.05 Å². The van der Waals surface area contributed by atoms with Crippen LogP contribution in [0.1, 0.15) is 44.0 Å². The molecule has 28 heavy (non-hydrogen) atoms. The average Bonchev–Trinajstić information content (AvgIpc) is 3.29. The van der Waals surface area contributed by atoms with Crippen LogP contribution in [0.15, 0.2) is 40.1 Å². The zero-order chi connectivity index (χ0) is 19.3. The molecule has 0 saturated heterocycles. The van der Waals surface area contributed by atoms with E-state index >= 15 is 0 Å². The monoisotopic (exact) mass is 560 g/mol. The molecular formula is C20H30BrIN6. The molecule has 0 unspecified atom stereocenters. The van der Waals surface area contributed by atoms with Gasteiger partial charge in [-0.05, 0) is 37.5 Å². The van der Waals surface area contributed by atoms with Gasteiger partial charge in [0.05, 0.1) is 13.1 Å². The lowest BCUT2D eigenvalue weighted by Gasteiger charge is -2.29. The van der Waals surface area contributed by atoms with Crippen LogP contribution in [0.5, 0.6) is 0 Å². The summed E-state index contributed by atoms with van der Waals surface area (Å²) in [4.78, 5) is 11.5. The van der Waals surface area contributed by atoms with Gasteiger partial charge in [-0.1, -0.05) is 40.9 Å². The lowest BCUT2D eigenvalue weighted by Crippen LogP contribution is -2.40. The van der Waals surface area contributed by atoms with Crippen LogP contribution < -0.4 is 5.32 Å². The standard InChI is InChI=1S/C20H29BrN6.HI/c1-4-22-19(26(2)13-18-24-15-25-27(18)3)23-14-20(11-5-6-12-20)16-7-9-17(21)10-8-16;/h7-10,15H,4-6,11-14H2,1-3H3,(H,22,23);1H. The zero-order valence-electron chi connectivity index (χ0n) is 16.9. The summed E-state index contributed by atoms with van der Waals surface area (Å²) in [6.45, 7) is 4.42. The van der Waals surface area contributed by atoms with Crippen molar-refractivity contribution < 1.29 is 0 Å². The molecule has 0 amide bonds. The number of aromatic nitrogens is 3. The summed E-state index contributed by atoms with van der Waals surface area (Å²) in [6, 6.07) is 8.79. The molecule has 1 aliphatic rings. The number of halogens is 2. The lowest BCUT2D eigenvalue weighted by molar-refractivity contribution is 0.426. The van der Waals surface area contributed by atoms with Gasteiger partial charge in [0.15, 0.2) is 5.96 Å². The third-order valence-corrected chi connectivity index (χ3v) is 5.96. The smallest absolute Gasteiger partial charge is 0.194 e. The Morgan fingerprint density at radius 3 is 2.54 bits per heavy atom. The predicted molar refractivity (Wildman–Crippen MR) is 128 cm³/mol. The highest BCUT2D eigenvalue weighted by Gasteiger charge is 2.35. The molecular weight excluding hydrogens is 531 g/mol. The van der Waals surface area contributed by atoms with Gasteiger partial charge in [0.25, 0.3) is 0 Å². The number of aliphatic imine (C=N–C) groups is 1. The molecule has 6 nitrogen and oxygen atoms in total. The minimum atomic E-state index is 0. The van der Waals surface area contributed by atoms with E-state index in [1.165, 1.54) is 31.2 Å². The topological polar surface area (TPSA) is 58.3 Å². The molecule has 2 aromatic rings. The second-order valence-electron chi connectivity index (χ2n) is 7.32. The second-order valence-corrected chi connectivity index (χ2v) is 8.24. The minimum absolute atomic E-state index is 0. The molecule has 1 saturated carbocycles. The molecule has 1 aliphatic carbocycles. The molecule has 1 fully saturated rings. The van der Waals surface area contributed by atoms with Crippen LogP contribution in [0.25, 0.3) is 0 Å². The van der Waals surface area contributed by atoms with Crippen molar-refractivity contribution in [3.63, 3.8) is 0 Å². The van der Waals surface area contributed by atoms with E-state index in [1.54, 1.807) is 11.0 Å². The lowest BCUT2D eigenvalue weighted by atomic mass is 9.79. The average molecular weight is 561 g/mol. The number of guanidine groups is 1. The van der Waals surface area contributed by atoms with Gasteiger partial charge in [0.1, 0.15) is 12.2 Å². The van der Waals surface area contributed by atoms with Crippen LogP contribution in [0, 0.1) is 0 Å². The fourth-order valence-corrected chi connectivity index (χ4v) is 4.10. The van der Waals surface area contributed by atoms with E-state index in [-0.39, 0.29) is 29.4 Å². The van der Waals surface area contributed by atoms with Crippen molar-refractivity contribution in [2.24, 2.45) is 12.0 Å². The Labute approximate surface area is 193 Å². The van der Waals surface area contributed by atoms with Gasteiger partial charge in [0.2, 0.25) is 0 Å². The molecule has 154 valence electrons. The van der Waals surface area contributed by atoms with Crippen LogP contribution in [0.2, 0.25) is 0 Å². The Morgan fingerprint density at radius 1 is 1.29 bits per heavy atom. The summed E-state index contributed by atoms with van der Waals surface area (Å²) in [5, 5.41) is 7.58. The first-order valence-corrected chi connectivity index (χ1v) is 10.4. The van der Waals surface area contributed by atoms with Gasteiger partial charge in [-0.15, -0.1) is 24.0 Å². The van der Waals surface area contributed by atoms with Gasteiger partial charge >= 0.3 is 0 Å². The van der Waals surface area contributed by atoms with E-state index in [2.05, 4.69) is 74.5 Å². The maximum Gasteiger partial charge on any atom is 0.194 e. The summed E-state index contributed by atoms with van der Waals surface area (Å²) in [5.41, 5.74) is 1.55. The van der Waals surface area contributed by atoms with E-state index < -0.39 is 0 Å². The van der Waals surface area contributed by atoms with Gasteiger partial charge < -0.3 is 10.2 Å². The quantitative estimate of drug-likeness (QED) is 0.328. The largest absolute Gasteiger partial charge is 0.357 e. The Hall–Kier alpha value is -1.16. The van der Waals surface area contributed by atoms with Crippen LogP contribution in [0.4, 0.5) is 0 Å². The highest BCUT2D eigenvalue weighted by Crippen LogP contribution is 2.41. The fourth-order valence-electron chi connectivity index (χ4n) is 3.84. The fraction of sp³-hybridized carbons (Fsp3) is 0.550. The molecule has 0 bridgehead atoms. The van der Waals surface area contributed by atoms with Crippen LogP contribution >= 0.6 is 39.9 Å². The highest BCUT2D eigenvalue weighted by atomic mass is 127. The first-order valence-electron chi connectivity index (χ1n) is 9.62. The van der Waals surface area contributed by atoms with Crippen molar-refractivity contribution in [1.82, 2.24) is 25.0 Å². The van der Waals surface area contributed by atoms with Crippen molar-refractivity contribution in [3.05, 3.63) is 46.5 Å². The Morgan fingerprint density at radius 2 is 1.96 bits per heavy atom. The highest BCUT2D eigenvalue weighted by molar-refractivity contribution is 14.0. The van der Waals surface area contributed by atoms with Gasteiger partial charge in [-0.3, -0.25) is 9.67 Å². The van der Waals surface area contributed by atoms with Crippen molar-refractivity contribution in [1.29, 1.82) is 0 Å². The van der Waals surface area contributed by atoms with Crippen molar-refractivity contribution >= 4 is 45.9 Å². The number of hydrogen-bond acceptors (Lipinski definition) is 3. The van der Waals surface area contributed by atoms with E-state index in [9.17, 15) is 0 Å². The third kappa shape index (κ3) is 5.46. The molecule has 1 aromatic heterocycles. The van der Waals surface area contributed by atoms with E-state index in [0.717, 1.165) is 29.3 Å². The number of nitrogens with one attached hydrogen (secondary N) is 1. The molecule has 0 aliphatic heterocycles. The maximum absolute atomic E-state index is 5.04. The van der Waals surface area contributed by atoms with Crippen molar-refractivity contribution in [2.45, 2.75) is 44.6 Å². The molecule has 1 heterocycles. The van der Waals surface area contributed by atoms with Crippen molar-refractivity contribution in [2.75, 3.05) is 20.1 Å². The summed E-state index contributed by atoms with van der Waals surface area (Å²) in [5.74, 6) is 1.84. The van der Waals surface area contributed by atoms with E-state index in [4.69, 9.17) is 4.99 Å². The van der Waals surface area contributed by atoms with Gasteiger partial charge in [-0.2, -0.15) is 5.10 Å². The summed E-state index contributed by atoms with van der Waals surface area (Å²) < 4.78 is 2.93. The Kier molecular flexibility index (Phi) is 8.73. The number of aryl methyl sites for hydroxylation is 1. The number of benzene rings is 1. The summed E-state index contributed by atoms with van der Waals surface area (Å²) in [6.07, 6.45) is 6.54. The van der Waals surface area contributed by atoms with Crippen LogP contribution in [0.3, 0.4) is 0 Å². The molecule has 0 spiro atoms. The summed E-state index contributed by atoms with van der Waals surface area (Å²) >= 11 is 3.55. The SMILES string of the molecule is CCNC(=NCC1(c2ccc(Br)cc2)CCCC1)N(C)Cc1ncnn1C.I. The molecule has 0 atom stereocenters. The zero-order valence-corrected chi connectivity index (χ0v) is 20.8. The Bertz CT molecular complexity index is 767. The van der Waals surface area contributed by atoms with Gasteiger partial charge in [0, 0.05) is 30.5 Å². The number of rotatable bonds is 6. The predicted octanol–water partition coefficient (Wildman–Crippen LogP) is 4.10. The number of hydrogen-bond donors (Lipinski definition) is 1. The maximum atomic E-state index is 5.04. The number of nitrogens with zero attached hydrogens (tertiary/aromatic N) is 5.